The van der Waals surface area contributed by atoms with Crippen LogP contribution in [0.25, 0.3) is 0 Å². The number of fused-ring (bicyclic) bond motifs is 3. The summed E-state index contributed by atoms with van der Waals surface area (Å²) in [6.07, 6.45) is -0.758. The molecule has 0 saturated carbocycles. The van der Waals surface area contributed by atoms with Crippen LogP contribution in [0.15, 0.2) is 84.1 Å². The van der Waals surface area contributed by atoms with Gasteiger partial charge in [0.2, 0.25) is 5.76 Å². The molecule has 0 fully saturated rings. The second-order valence-corrected chi connectivity index (χ2v) is 8.43. The van der Waals surface area contributed by atoms with Crippen molar-refractivity contribution in [3.63, 3.8) is 0 Å². The largest absolute Gasteiger partial charge is 0.497 e. The fraction of sp³-hybridized carbons (Fsp3) is 0.185. The summed E-state index contributed by atoms with van der Waals surface area (Å²) in [6, 6.07) is 19.9. The number of nitrogens with zero attached hydrogens (tertiary/aromatic N) is 3. The van der Waals surface area contributed by atoms with Gasteiger partial charge in [0, 0.05) is 29.1 Å². The van der Waals surface area contributed by atoms with Gasteiger partial charge in [0.1, 0.15) is 23.5 Å². The summed E-state index contributed by atoms with van der Waals surface area (Å²) in [4.78, 5) is 44.6. The first-order valence-corrected chi connectivity index (χ1v) is 11.5. The molecular weight excluding hydrogens is 494 g/mol. The van der Waals surface area contributed by atoms with E-state index in [0.717, 1.165) is 11.4 Å². The molecular formula is C27H23N3O8. The van der Waals surface area contributed by atoms with Crippen LogP contribution in [-0.4, -0.2) is 43.3 Å². The van der Waals surface area contributed by atoms with Gasteiger partial charge in [-0.2, -0.15) is 0 Å². The monoisotopic (exact) mass is 517 g/mol. The molecule has 0 radical (unpaired) electrons. The van der Waals surface area contributed by atoms with Crippen LogP contribution in [0.3, 0.4) is 0 Å². The number of carbonyl (C=O) groups excluding carboxylic acids is 2. The number of hydrogen-bond acceptors (Lipinski definition) is 10. The summed E-state index contributed by atoms with van der Waals surface area (Å²) >= 11 is 0. The van der Waals surface area contributed by atoms with Gasteiger partial charge in [-0.25, -0.2) is 9.59 Å². The molecule has 2 atom stereocenters. The molecule has 11 heteroatoms. The van der Waals surface area contributed by atoms with Crippen molar-refractivity contribution in [3.05, 3.63) is 105 Å². The van der Waals surface area contributed by atoms with Crippen molar-refractivity contribution in [2.75, 3.05) is 26.2 Å². The van der Waals surface area contributed by atoms with Crippen molar-refractivity contribution >= 4 is 29.0 Å². The normalized spacial score (nSPS) is 18.2. The van der Waals surface area contributed by atoms with Crippen LogP contribution in [0.1, 0.15) is 23.3 Å². The lowest BCUT2D eigenvalue weighted by Gasteiger charge is -2.46. The zero-order chi connectivity index (χ0) is 27.0. The third kappa shape index (κ3) is 3.98. The fourth-order valence-electron chi connectivity index (χ4n) is 4.77. The number of anilines is 2. The Morgan fingerprint density at radius 3 is 2.16 bits per heavy atom. The van der Waals surface area contributed by atoms with E-state index in [-0.39, 0.29) is 17.0 Å². The van der Waals surface area contributed by atoms with E-state index >= 15 is 0 Å². The number of esters is 2. The van der Waals surface area contributed by atoms with Gasteiger partial charge in [0.15, 0.2) is 0 Å². The van der Waals surface area contributed by atoms with Crippen molar-refractivity contribution in [1.29, 1.82) is 0 Å². The van der Waals surface area contributed by atoms with Crippen LogP contribution in [0, 0.1) is 10.1 Å². The Morgan fingerprint density at radius 1 is 0.895 bits per heavy atom. The Hall–Kier alpha value is -4.90. The minimum absolute atomic E-state index is 0.00640. The highest BCUT2D eigenvalue weighted by atomic mass is 16.7. The molecule has 3 aromatic rings. The van der Waals surface area contributed by atoms with Crippen molar-refractivity contribution in [3.8, 4) is 5.75 Å². The number of methoxy groups -OCH3 is 3. The molecule has 2 unspecified atom stereocenters. The van der Waals surface area contributed by atoms with Gasteiger partial charge in [0.05, 0.1) is 26.3 Å². The van der Waals surface area contributed by atoms with Crippen molar-refractivity contribution < 1.29 is 33.6 Å². The van der Waals surface area contributed by atoms with Gasteiger partial charge in [-0.3, -0.25) is 10.1 Å². The van der Waals surface area contributed by atoms with Crippen LogP contribution in [0.5, 0.6) is 5.75 Å². The quantitative estimate of drug-likeness (QED) is 0.265. The summed E-state index contributed by atoms with van der Waals surface area (Å²) in [5, 5.41) is 12.8. The van der Waals surface area contributed by atoms with Gasteiger partial charge in [-0.15, -0.1) is 5.06 Å². The van der Waals surface area contributed by atoms with Gasteiger partial charge >= 0.3 is 11.9 Å². The molecule has 0 bridgehead atoms. The second kappa shape index (κ2) is 9.87. The zero-order valence-electron chi connectivity index (χ0n) is 20.7. The summed E-state index contributed by atoms with van der Waals surface area (Å²) in [5.74, 6) is -1.21. The maximum absolute atomic E-state index is 13.0. The molecule has 0 N–H and O–H groups in total. The molecule has 2 aliphatic heterocycles. The Kier molecular flexibility index (Phi) is 6.43. The molecule has 0 aromatic heterocycles. The van der Waals surface area contributed by atoms with Gasteiger partial charge < -0.3 is 23.9 Å². The van der Waals surface area contributed by atoms with Gasteiger partial charge in [0.25, 0.3) is 5.69 Å². The zero-order valence-corrected chi connectivity index (χ0v) is 20.7. The number of para-hydroxylation sites is 1. The van der Waals surface area contributed by atoms with E-state index in [1.165, 1.54) is 31.4 Å². The molecule has 3 aromatic carbocycles. The van der Waals surface area contributed by atoms with E-state index < -0.39 is 29.1 Å². The smallest absolute Gasteiger partial charge is 0.376 e. The molecule has 2 heterocycles. The summed E-state index contributed by atoms with van der Waals surface area (Å²) in [5.41, 5.74) is 2.69. The Bertz CT molecular complexity index is 1440. The summed E-state index contributed by atoms with van der Waals surface area (Å²) in [7, 11) is 3.98. The van der Waals surface area contributed by atoms with Crippen LogP contribution in [0.4, 0.5) is 17.1 Å². The predicted molar refractivity (Wildman–Crippen MR) is 134 cm³/mol. The first-order chi connectivity index (χ1) is 18.4. The lowest BCUT2D eigenvalue weighted by atomic mass is 9.91. The molecule has 2 aliphatic rings. The highest BCUT2D eigenvalue weighted by molar-refractivity contribution is 6.01. The average Bonchev–Trinajstić information content (AvgIpc) is 3.36. The molecule has 0 spiro atoms. The molecule has 0 saturated heterocycles. The number of nitro benzene ring substituents is 1. The predicted octanol–water partition coefficient (Wildman–Crippen LogP) is 4.34. The Labute approximate surface area is 217 Å². The highest BCUT2D eigenvalue weighted by Crippen LogP contribution is 2.54. The van der Waals surface area contributed by atoms with E-state index in [0.29, 0.717) is 16.9 Å². The molecule has 5 rings (SSSR count). The molecule has 0 amide bonds. The average molecular weight is 517 g/mol. The van der Waals surface area contributed by atoms with E-state index in [9.17, 15) is 19.7 Å². The van der Waals surface area contributed by atoms with E-state index in [2.05, 4.69) is 0 Å². The van der Waals surface area contributed by atoms with Crippen molar-refractivity contribution in [1.82, 2.24) is 5.06 Å². The molecule has 38 heavy (non-hydrogen) atoms. The lowest BCUT2D eigenvalue weighted by Crippen LogP contribution is -2.44. The molecule has 11 nitrogen and oxygen atoms in total. The van der Waals surface area contributed by atoms with Gasteiger partial charge in [-0.05, 0) is 48.0 Å². The SMILES string of the molecule is COC(=O)C1=C(C(=O)OC)C2c3ccccc3N(c3ccc(OC)cc3)C(c3ccc([N+](=O)[O-])cc3)N2O1. The maximum atomic E-state index is 13.0. The van der Waals surface area contributed by atoms with Gasteiger partial charge in [-0.1, -0.05) is 18.2 Å². The number of hydrogen-bond donors (Lipinski definition) is 0. The van der Waals surface area contributed by atoms with E-state index in [1.807, 2.05) is 41.3 Å². The number of rotatable bonds is 6. The number of benzene rings is 3. The topological polar surface area (TPSA) is 121 Å². The fourth-order valence-corrected chi connectivity index (χ4v) is 4.77. The van der Waals surface area contributed by atoms with Crippen LogP contribution < -0.4 is 9.64 Å². The third-order valence-electron chi connectivity index (χ3n) is 6.47. The van der Waals surface area contributed by atoms with E-state index in [4.69, 9.17) is 19.0 Å². The second-order valence-electron chi connectivity index (χ2n) is 8.43. The Balaban J connectivity index is 1.76. The molecule has 0 aliphatic carbocycles. The number of carbonyl (C=O) groups is 2. The maximum Gasteiger partial charge on any atom is 0.376 e. The number of ether oxygens (including phenoxy) is 3. The summed E-state index contributed by atoms with van der Waals surface area (Å²) in [6.45, 7) is 0. The molecule has 194 valence electrons. The first kappa shape index (κ1) is 24.8. The van der Waals surface area contributed by atoms with Crippen molar-refractivity contribution in [2.24, 2.45) is 0 Å². The Morgan fingerprint density at radius 2 is 1.55 bits per heavy atom. The number of nitro groups is 1. The standard InChI is InChI=1S/C27H23N3O8/c1-35-19-14-12-17(13-15-19)28-21-7-5-4-6-20(21)23-22(26(31)36-2)24(27(32)37-3)38-29(23)25(28)16-8-10-18(11-9-16)30(33)34/h4-15,23,25H,1-3H3. The number of non-ortho nitro benzene ring substituents is 1. The third-order valence-corrected chi connectivity index (χ3v) is 6.47. The first-order valence-electron chi connectivity index (χ1n) is 11.5. The summed E-state index contributed by atoms with van der Waals surface area (Å²) < 4.78 is 15.3. The van der Waals surface area contributed by atoms with Crippen molar-refractivity contribution in [2.45, 2.75) is 12.2 Å². The van der Waals surface area contributed by atoms with Crippen LogP contribution >= 0.6 is 0 Å². The minimum atomic E-state index is -0.837. The number of hydroxylamine groups is 2. The lowest BCUT2D eigenvalue weighted by molar-refractivity contribution is -0.384. The van der Waals surface area contributed by atoms with E-state index in [1.54, 1.807) is 31.4 Å². The van der Waals surface area contributed by atoms with Crippen LogP contribution in [-0.2, 0) is 23.9 Å². The minimum Gasteiger partial charge on any atom is -0.497 e. The highest BCUT2D eigenvalue weighted by Gasteiger charge is 2.53. The van der Waals surface area contributed by atoms with Crippen LogP contribution in [0.2, 0.25) is 0 Å².